The first-order valence-corrected chi connectivity index (χ1v) is 10.6. The Morgan fingerprint density at radius 3 is 1.85 bits per heavy atom. The number of ether oxygens (including phenoxy) is 1. The van der Waals surface area contributed by atoms with Crippen LogP contribution in [0.1, 0.15) is 98.3 Å². The van der Waals surface area contributed by atoms with Crippen LogP contribution in [0.25, 0.3) is 0 Å². The molecule has 26 heavy (non-hydrogen) atoms. The highest BCUT2D eigenvalue weighted by atomic mass is 16.5. The van der Waals surface area contributed by atoms with Crippen molar-refractivity contribution in [2.24, 2.45) is 0 Å². The Balaban J connectivity index is 2.15. The van der Waals surface area contributed by atoms with Gasteiger partial charge in [0.15, 0.2) is 0 Å². The van der Waals surface area contributed by atoms with E-state index in [0.717, 1.165) is 19.3 Å². The minimum atomic E-state index is -0.855. The largest absolute Gasteiger partial charge is 0.365 e. The Morgan fingerprint density at radius 1 is 0.846 bits per heavy atom. The van der Waals surface area contributed by atoms with Crippen molar-refractivity contribution in [2.75, 3.05) is 13.2 Å². The summed E-state index contributed by atoms with van der Waals surface area (Å²) >= 11 is 0. The molecule has 0 aliphatic carbocycles. The molecule has 2 rings (SSSR count). The second kappa shape index (κ2) is 9.03. The van der Waals surface area contributed by atoms with Gasteiger partial charge in [0.05, 0.1) is 0 Å². The standard InChI is InChI=1S/C21H40N2O3/c1-19(2)16-21(17-20(3,4)23(19)25)18(24)22-14-12-10-8-6-5-7-9-11-13-15-26-21/h25H,5-17H2,1-4H3,(H,22,24). The smallest absolute Gasteiger partial charge is 0.252 e. The third kappa shape index (κ3) is 5.43. The van der Waals surface area contributed by atoms with Gasteiger partial charge in [0.25, 0.3) is 5.91 Å². The molecule has 152 valence electrons. The maximum atomic E-state index is 13.2. The molecule has 0 saturated carbocycles. The van der Waals surface area contributed by atoms with E-state index in [1.807, 2.05) is 27.7 Å². The van der Waals surface area contributed by atoms with E-state index in [2.05, 4.69) is 5.32 Å². The number of hydrogen-bond acceptors (Lipinski definition) is 4. The number of amides is 1. The first-order valence-electron chi connectivity index (χ1n) is 10.6. The number of nitrogens with zero attached hydrogens (tertiary/aromatic N) is 1. The Morgan fingerprint density at radius 2 is 1.31 bits per heavy atom. The van der Waals surface area contributed by atoms with Crippen LogP contribution in [-0.4, -0.2) is 46.0 Å². The van der Waals surface area contributed by atoms with Crippen LogP contribution in [0, 0.1) is 0 Å². The maximum Gasteiger partial charge on any atom is 0.252 e. The summed E-state index contributed by atoms with van der Waals surface area (Å²) in [6, 6.07) is 0. The number of piperidine rings is 1. The van der Waals surface area contributed by atoms with Gasteiger partial charge in [-0.1, -0.05) is 44.9 Å². The van der Waals surface area contributed by atoms with E-state index < -0.39 is 16.7 Å². The van der Waals surface area contributed by atoms with Gasteiger partial charge in [0.2, 0.25) is 0 Å². The van der Waals surface area contributed by atoms with E-state index in [9.17, 15) is 10.0 Å². The van der Waals surface area contributed by atoms with Gasteiger partial charge < -0.3 is 15.3 Å². The third-order valence-corrected chi connectivity index (χ3v) is 5.98. The lowest BCUT2D eigenvalue weighted by molar-refractivity contribution is -0.277. The van der Waals surface area contributed by atoms with Gasteiger partial charge in [-0.15, -0.1) is 0 Å². The molecule has 2 saturated heterocycles. The molecule has 1 spiro atoms. The number of carbonyl (C=O) groups excluding carboxylic acids is 1. The summed E-state index contributed by atoms with van der Waals surface area (Å²) in [4.78, 5) is 13.2. The molecule has 0 aromatic heterocycles. The van der Waals surface area contributed by atoms with Crippen molar-refractivity contribution in [1.29, 1.82) is 0 Å². The molecule has 2 heterocycles. The molecule has 0 bridgehead atoms. The molecular weight excluding hydrogens is 328 g/mol. The third-order valence-electron chi connectivity index (χ3n) is 5.98. The van der Waals surface area contributed by atoms with Crippen LogP contribution < -0.4 is 5.32 Å². The van der Waals surface area contributed by atoms with Crippen LogP contribution in [0.2, 0.25) is 0 Å². The molecule has 5 nitrogen and oxygen atoms in total. The van der Waals surface area contributed by atoms with Crippen LogP contribution in [0.3, 0.4) is 0 Å². The van der Waals surface area contributed by atoms with Gasteiger partial charge in [-0.25, -0.2) is 0 Å². The topological polar surface area (TPSA) is 61.8 Å². The summed E-state index contributed by atoms with van der Waals surface area (Å²) in [7, 11) is 0. The Bertz CT molecular complexity index is 444. The van der Waals surface area contributed by atoms with Crippen molar-refractivity contribution in [2.45, 2.75) is 115 Å². The molecule has 2 fully saturated rings. The zero-order valence-electron chi connectivity index (χ0n) is 17.4. The molecule has 2 aliphatic heterocycles. The van der Waals surface area contributed by atoms with Crippen molar-refractivity contribution in [1.82, 2.24) is 10.4 Å². The summed E-state index contributed by atoms with van der Waals surface area (Å²) in [5, 5.41) is 15.2. The molecule has 1 amide bonds. The van der Waals surface area contributed by atoms with Crippen molar-refractivity contribution >= 4 is 5.91 Å². The lowest BCUT2D eigenvalue weighted by Gasteiger charge is -2.55. The SMILES string of the molecule is CC1(C)CC2(CC(C)(C)N1O)OCCCCCCCCCCCNC2=O. The van der Waals surface area contributed by atoms with Gasteiger partial charge in [-0.3, -0.25) is 4.79 Å². The highest BCUT2D eigenvalue weighted by Gasteiger charge is 2.56. The van der Waals surface area contributed by atoms with Gasteiger partial charge in [0.1, 0.15) is 5.60 Å². The summed E-state index contributed by atoms with van der Waals surface area (Å²) in [6.07, 6.45) is 11.8. The van der Waals surface area contributed by atoms with E-state index in [4.69, 9.17) is 4.74 Å². The molecule has 0 unspecified atom stereocenters. The van der Waals surface area contributed by atoms with Crippen LogP contribution in [0.5, 0.6) is 0 Å². The molecule has 0 aromatic carbocycles. The number of hydrogen-bond donors (Lipinski definition) is 2. The van der Waals surface area contributed by atoms with Crippen LogP contribution >= 0.6 is 0 Å². The number of carbonyl (C=O) groups is 1. The summed E-state index contributed by atoms with van der Waals surface area (Å²) in [5.74, 6) is 0.00150. The first-order chi connectivity index (χ1) is 12.2. The van der Waals surface area contributed by atoms with Crippen molar-refractivity contribution in [3.8, 4) is 0 Å². The van der Waals surface area contributed by atoms with Gasteiger partial charge >= 0.3 is 0 Å². The van der Waals surface area contributed by atoms with E-state index in [0.29, 0.717) is 26.0 Å². The monoisotopic (exact) mass is 368 g/mol. The minimum absolute atomic E-state index is 0.00150. The normalized spacial score (nSPS) is 28.7. The van der Waals surface area contributed by atoms with E-state index >= 15 is 0 Å². The molecule has 5 heteroatoms. The minimum Gasteiger partial charge on any atom is -0.365 e. The fourth-order valence-electron chi connectivity index (χ4n) is 4.85. The van der Waals surface area contributed by atoms with Gasteiger partial charge in [-0.05, 0) is 40.5 Å². The number of nitrogens with one attached hydrogen (secondary N) is 1. The zero-order chi connectivity index (χ0) is 19.3. The maximum absolute atomic E-state index is 13.2. The Labute approximate surface area is 159 Å². The average molecular weight is 369 g/mol. The van der Waals surface area contributed by atoms with E-state index in [-0.39, 0.29) is 5.91 Å². The average Bonchev–Trinajstić information content (AvgIpc) is 2.56. The quantitative estimate of drug-likeness (QED) is 0.664. The van der Waals surface area contributed by atoms with Gasteiger partial charge in [-0.2, -0.15) is 5.06 Å². The van der Waals surface area contributed by atoms with E-state index in [1.165, 1.54) is 43.6 Å². The van der Waals surface area contributed by atoms with Crippen molar-refractivity contribution in [3.05, 3.63) is 0 Å². The molecule has 2 aliphatic rings. The highest BCUT2D eigenvalue weighted by molar-refractivity contribution is 5.85. The summed E-state index contributed by atoms with van der Waals surface area (Å²) in [5.41, 5.74) is -1.88. The summed E-state index contributed by atoms with van der Waals surface area (Å²) < 4.78 is 6.33. The molecule has 0 aromatic rings. The van der Waals surface area contributed by atoms with Crippen molar-refractivity contribution in [3.63, 3.8) is 0 Å². The summed E-state index contributed by atoms with van der Waals surface area (Å²) in [6.45, 7) is 9.28. The van der Waals surface area contributed by atoms with Crippen molar-refractivity contribution < 1.29 is 14.7 Å². The lowest BCUT2D eigenvalue weighted by Crippen LogP contribution is -2.68. The van der Waals surface area contributed by atoms with Crippen LogP contribution in [-0.2, 0) is 9.53 Å². The van der Waals surface area contributed by atoms with E-state index in [1.54, 1.807) is 0 Å². The second-order valence-corrected chi connectivity index (χ2v) is 9.57. The zero-order valence-corrected chi connectivity index (χ0v) is 17.4. The predicted octanol–water partition coefficient (Wildman–Crippen LogP) is 4.42. The Hall–Kier alpha value is -0.650. The first kappa shape index (κ1) is 21.6. The number of hydroxylamine groups is 2. The Kier molecular flexibility index (Phi) is 7.52. The molecule has 2 N–H and O–H groups in total. The fraction of sp³-hybridized carbons (Fsp3) is 0.952. The molecular formula is C21H40N2O3. The predicted molar refractivity (Wildman–Crippen MR) is 104 cm³/mol. The number of rotatable bonds is 0. The highest BCUT2D eigenvalue weighted by Crippen LogP contribution is 2.44. The lowest BCUT2D eigenvalue weighted by atomic mass is 9.71. The molecule has 0 atom stereocenters. The van der Waals surface area contributed by atoms with Crippen LogP contribution in [0.15, 0.2) is 0 Å². The second-order valence-electron chi connectivity index (χ2n) is 9.57. The molecule has 0 radical (unpaired) electrons. The van der Waals surface area contributed by atoms with Gasteiger partial charge in [0, 0.05) is 37.1 Å². The fourth-order valence-corrected chi connectivity index (χ4v) is 4.85. The van der Waals surface area contributed by atoms with Crippen LogP contribution in [0.4, 0.5) is 0 Å².